The van der Waals surface area contributed by atoms with E-state index in [2.05, 4.69) is 23.5 Å². The van der Waals surface area contributed by atoms with E-state index in [4.69, 9.17) is 0 Å². The predicted octanol–water partition coefficient (Wildman–Crippen LogP) is 0.634. The quantitative estimate of drug-likeness (QED) is 0.814. The third kappa shape index (κ3) is 3.87. The van der Waals surface area contributed by atoms with E-state index >= 15 is 0 Å². The Bertz CT molecular complexity index is 279. The highest BCUT2D eigenvalue weighted by Crippen LogP contribution is 2.27. The van der Waals surface area contributed by atoms with Crippen LogP contribution in [0.5, 0.6) is 0 Å². The number of hydrogen-bond donors (Lipinski definition) is 1. The Balaban J connectivity index is 1.66. The fraction of sp³-hybridized carbons (Fsp3) is 0.923. The van der Waals surface area contributed by atoms with Crippen LogP contribution in [0.4, 0.5) is 0 Å². The second-order valence-electron chi connectivity index (χ2n) is 5.43. The van der Waals surface area contributed by atoms with Crippen molar-refractivity contribution >= 4 is 17.7 Å². The minimum atomic E-state index is 0.274. The molecule has 0 spiro atoms. The molecule has 2 aliphatic rings. The van der Waals surface area contributed by atoms with Gasteiger partial charge >= 0.3 is 0 Å². The molecule has 18 heavy (non-hydrogen) atoms. The van der Waals surface area contributed by atoms with Crippen molar-refractivity contribution < 1.29 is 4.79 Å². The van der Waals surface area contributed by atoms with Gasteiger partial charge in [0.25, 0.3) is 0 Å². The molecule has 2 rings (SSSR count). The van der Waals surface area contributed by atoms with E-state index in [1.54, 1.807) is 0 Å². The molecule has 1 saturated carbocycles. The number of carbonyl (C=O) groups excluding carboxylic acids is 1. The number of nitrogens with zero attached hydrogens (tertiary/aromatic N) is 2. The van der Waals surface area contributed by atoms with Crippen LogP contribution in [-0.4, -0.2) is 73.0 Å². The molecule has 2 atom stereocenters. The van der Waals surface area contributed by atoms with E-state index < -0.39 is 0 Å². The summed E-state index contributed by atoms with van der Waals surface area (Å²) >= 11 is 1.96. The summed E-state index contributed by atoms with van der Waals surface area (Å²) in [7, 11) is 2.11. The van der Waals surface area contributed by atoms with Gasteiger partial charge < -0.3 is 15.1 Å². The Kier molecular flexibility index (Phi) is 5.33. The Morgan fingerprint density at radius 3 is 2.61 bits per heavy atom. The lowest BCUT2D eigenvalue weighted by molar-refractivity contribution is -0.131. The van der Waals surface area contributed by atoms with Gasteiger partial charge in [0.1, 0.15) is 0 Å². The summed E-state index contributed by atoms with van der Waals surface area (Å²) in [4.78, 5) is 16.3. The number of carbonyl (C=O) groups is 1. The first-order valence-electron chi connectivity index (χ1n) is 6.91. The number of rotatable bonds is 4. The second kappa shape index (κ2) is 6.78. The predicted molar refractivity (Wildman–Crippen MR) is 77.0 cm³/mol. The Hall–Kier alpha value is -0.260. The molecule has 4 nitrogen and oxygen atoms in total. The largest absolute Gasteiger partial charge is 0.339 e. The Labute approximate surface area is 114 Å². The molecule has 1 heterocycles. The van der Waals surface area contributed by atoms with E-state index in [-0.39, 0.29) is 5.91 Å². The van der Waals surface area contributed by atoms with Crippen LogP contribution in [0.15, 0.2) is 0 Å². The van der Waals surface area contributed by atoms with Crippen molar-refractivity contribution in [3.63, 3.8) is 0 Å². The van der Waals surface area contributed by atoms with Crippen LogP contribution < -0.4 is 5.32 Å². The van der Waals surface area contributed by atoms with Crippen LogP contribution in [0, 0.1) is 0 Å². The van der Waals surface area contributed by atoms with Gasteiger partial charge in [-0.3, -0.25) is 4.79 Å². The lowest BCUT2D eigenvalue weighted by Crippen LogP contribution is -2.50. The first-order valence-corrected chi connectivity index (χ1v) is 8.20. The van der Waals surface area contributed by atoms with Crippen LogP contribution in [0.2, 0.25) is 0 Å². The van der Waals surface area contributed by atoms with Gasteiger partial charge in [-0.05, 0) is 32.6 Å². The molecule has 0 bridgehead atoms. The van der Waals surface area contributed by atoms with Crippen molar-refractivity contribution in [2.24, 2.45) is 0 Å². The first kappa shape index (κ1) is 14.2. The molecule has 0 aromatic rings. The zero-order valence-electron chi connectivity index (χ0n) is 11.5. The molecular weight excluding hydrogens is 246 g/mol. The van der Waals surface area contributed by atoms with Crippen molar-refractivity contribution in [2.45, 2.75) is 30.6 Å². The van der Waals surface area contributed by atoms with Gasteiger partial charge in [-0.25, -0.2) is 0 Å². The number of thioether (sulfide) groups is 1. The SMILES string of the molecule is CSC1CCC(NCC(=O)N2CCN(C)CC2)C1. The van der Waals surface area contributed by atoms with Gasteiger partial charge in [-0.1, -0.05) is 0 Å². The summed E-state index contributed by atoms with van der Waals surface area (Å²) in [5, 5.41) is 4.23. The number of hydrogen-bond acceptors (Lipinski definition) is 4. The second-order valence-corrected chi connectivity index (χ2v) is 6.57. The van der Waals surface area contributed by atoms with Crippen LogP contribution >= 0.6 is 11.8 Å². The average Bonchev–Trinajstić information content (AvgIpc) is 2.85. The highest BCUT2D eigenvalue weighted by molar-refractivity contribution is 7.99. The smallest absolute Gasteiger partial charge is 0.236 e. The Morgan fingerprint density at radius 1 is 1.28 bits per heavy atom. The molecule has 0 aromatic heterocycles. The van der Waals surface area contributed by atoms with Gasteiger partial charge in [-0.2, -0.15) is 11.8 Å². The van der Waals surface area contributed by atoms with E-state index in [9.17, 15) is 4.79 Å². The minimum Gasteiger partial charge on any atom is -0.339 e. The maximum Gasteiger partial charge on any atom is 0.236 e. The lowest BCUT2D eigenvalue weighted by Gasteiger charge is -2.32. The van der Waals surface area contributed by atoms with Crippen LogP contribution in [-0.2, 0) is 4.79 Å². The van der Waals surface area contributed by atoms with E-state index in [1.165, 1.54) is 19.3 Å². The fourth-order valence-electron chi connectivity index (χ4n) is 2.74. The number of amides is 1. The normalized spacial score (nSPS) is 29.8. The molecule has 5 heteroatoms. The molecule has 2 unspecified atom stereocenters. The Morgan fingerprint density at radius 2 is 2.00 bits per heavy atom. The van der Waals surface area contributed by atoms with Gasteiger partial charge in [0.15, 0.2) is 0 Å². The summed E-state index contributed by atoms with van der Waals surface area (Å²) in [6, 6.07) is 0.555. The first-order chi connectivity index (χ1) is 8.69. The number of likely N-dealkylation sites (N-methyl/N-ethyl adjacent to an activating group) is 1. The third-order valence-electron chi connectivity index (χ3n) is 4.12. The zero-order valence-corrected chi connectivity index (χ0v) is 12.3. The molecule has 0 radical (unpaired) electrons. The fourth-order valence-corrected chi connectivity index (χ4v) is 3.54. The number of piperazine rings is 1. The summed E-state index contributed by atoms with van der Waals surface area (Å²) in [6.07, 6.45) is 5.92. The van der Waals surface area contributed by atoms with Crippen LogP contribution in [0.3, 0.4) is 0 Å². The maximum absolute atomic E-state index is 12.1. The van der Waals surface area contributed by atoms with Crippen molar-refractivity contribution in [3.8, 4) is 0 Å². The molecular formula is C13H25N3OS. The summed E-state index contributed by atoms with van der Waals surface area (Å²) in [6.45, 7) is 4.30. The van der Waals surface area contributed by atoms with E-state index in [0.717, 1.165) is 31.4 Å². The van der Waals surface area contributed by atoms with Crippen molar-refractivity contribution in [1.82, 2.24) is 15.1 Å². The molecule has 1 amide bonds. The van der Waals surface area contributed by atoms with Crippen LogP contribution in [0.25, 0.3) is 0 Å². The lowest BCUT2D eigenvalue weighted by atomic mass is 10.2. The molecule has 1 aliphatic heterocycles. The third-order valence-corrected chi connectivity index (χ3v) is 5.21. The average molecular weight is 271 g/mol. The topological polar surface area (TPSA) is 35.6 Å². The molecule has 0 aromatic carbocycles. The highest BCUT2D eigenvalue weighted by Gasteiger charge is 2.25. The monoisotopic (exact) mass is 271 g/mol. The molecule has 1 saturated heterocycles. The summed E-state index contributed by atoms with van der Waals surface area (Å²) in [5.74, 6) is 0.274. The highest BCUT2D eigenvalue weighted by atomic mass is 32.2. The van der Waals surface area contributed by atoms with Crippen molar-refractivity contribution in [2.75, 3.05) is 46.0 Å². The minimum absolute atomic E-state index is 0.274. The zero-order chi connectivity index (χ0) is 13.0. The summed E-state index contributed by atoms with van der Waals surface area (Å²) < 4.78 is 0. The van der Waals surface area contributed by atoms with Gasteiger partial charge in [0.2, 0.25) is 5.91 Å². The molecule has 104 valence electrons. The molecule has 1 aliphatic carbocycles. The van der Waals surface area contributed by atoms with Crippen molar-refractivity contribution in [3.05, 3.63) is 0 Å². The van der Waals surface area contributed by atoms with Gasteiger partial charge in [0.05, 0.1) is 6.54 Å². The van der Waals surface area contributed by atoms with Gasteiger partial charge in [0, 0.05) is 37.5 Å². The van der Waals surface area contributed by atoms with E-state index in [0.29, 0.717) is 12.6 Å². The van der Waals surface area contributed by atoms with E-state index in [1.807, 2.05) is 16.7 Å². The summed E-state index contributed by atoms with van der Waals surface area (Å²) in [5.41, 5.74) is 0. The van der Waals surface area contributed by atoms with Gasteiger partial charge in [-0.15, -0.1) is 0 Å². The molecule has 1 N–H and O–H groups in total. The number of nitrogens with one attached hydrogen (secondary N) is 1. The standard InChI is InChI=1S/C13H25N3OS/c1-15-5-7-16(8-6-15)13(17)10-14-11-3-4-12(9-11)18-2/h11-12,14H,3-10H2,1-2H3. The van der Waals surface area contributed by atoms with Crippen LogP contribution in [0.1, 0.15) is 19.3 Å². The molecule has 2 fully saturated rings. The van der Waals surface area contributed by atoms with Crippen molar-refractivity contribution in [1.29, 1.82) is 0 Å². The maximum atomic E-state index is 12.1.